The number of amides is 4. The van der Waals surface area contributed by atoms with Crippen LogP contribution in [-0.2, 0) is 22.7 Å². The molecule has 0 aliphatic carbocycles. The summed E-state index contributed by atoms with van der Waals surface area (Å²) in [5.41, 5.74) is 1.99. The number of carbonyl (C=O) groups is 4. The van der Waals surface area contributed by atoms with Gasteiger partial charge in [-0.1, -0.05) is 12.1 Å². The maximum atomic E-state index is 12.8. The molecule has 1 saturated heterocycles. The summed E-state index contributed by atoms with van der Waals surface area (Å²) in [5, 5.41) is 12.6. The van der Waals surface area contributed by atoms with Crippen LogP contribution in [0.15, 0.2) is 42.5 Å². The van der Waals surface area contributed by atoms with Crippen molar-refractivity contribution in [1.29, 1.82) is 0 Å². The fourth-order valence-corrected chi connectivity index (χ4v) is 4.99. The van der Waals surface area contributed by atoms with E-state index in [-0.39, 0.29) is 56.0 Å². The number of hydrogen-bond acceptors (Lipinski definition) is 7. The Morgan fingerprint density at radius 1 is 1.08 bits per heavy atom. The Balaban J connectivity index is 1.26. The molecule has 0 spiro atoms. The van der Waals surface area contributed by atoms with Crippen LogP contribution in [-0.4, -0.2) is 80.4 Å². The van der Waals surface area contributed by atoms with Crippen LogP contribution < -0.4 is 10.1 Å². The number of carbonyl (C=O) groups excluding carboxylic acids is 4. The molecular formula is C27H29N5O6. The number of aromatic nitrogens is 2. The van der Waals surface area contributed by atoms with Gasteiger partial charge in [-0.15, -0.1) is 0 Å². The number of ether oxygens (including phenoxy) is 1. The highest BCUT2D eigenvalue weighted by atomic mass is 16.5. The molecule has 0 radical (unpaired) electrons. The smallest absolute Gasteiger partial charge is 0.261 e. The van der Waals surface area contributed by atoms with Crippen LogP contribution in [0.1, 0.15) is 46.3 Å². The van der Waals surface area contributed by atoms with Crippen molar-refractivity contribution >= 4 is 34.7 Å². The van der Waals surface area contributed by atoms with E-state index in [4.69, 9.17) is 4.74 Å². The Kier molecular flexibility index (Phi) is 7.10. The van der Waals surface area contributed by atoms with Crippen LogP contribution >= 0.6 is 0 Å². The summed E-state index contributed by atoms with van der Waals surface area (Å²) < 4.78 is 7.47. The summed E-state index contributed by atoms with van der Waals surface area (Å²) in [6, 6.07) is 11.8. The fraction of sp³-hybridized carbons (Fsp3) is 0.370. The van der Waals surface area contributed by atoms with E-state index in [9.17, 15) is 24.3 Å². The van der Waals surface area contributed by atoms with E-state index in [0.29, 0.717) is 59.7 Å². The van der Waals surface area contributed by atoms with Crippen LogP contribution in [0.25, 0.3) is 11.0 Å². The van der Waals surface area contributed by atoms with E-state index in [1.165, 1.54) is 0 Å². The molecule has 38 heavy (non-hydrogen) atoms. The van der Waals surface area contributed by atoms with E-state index in [2.05, 4.69) is 10.3 Å². The van der Waals surface area contributed by atoms with Crippen LogP contribution in [0.2, 0.25) is 0 Å². The van der Waals surface area contributed by atoms with Crippen molar-refractivity contribution in [3.63, 3.8) is 0 Å². The monoisotopic (exact) mass is 519 g/mol. The lowest BCUT2D eigenvalue weighted by molar-refractivity contribution is -0.130. The second kappa shape index (κ2) is 10.6. The normalized spacial score (nSPS) is 15.7. The molecule has 2 aliphatic heterocycles. The molecule has 11 heteroatoms. The van der Waals surface area contributed by atoms with Crippen molar-refractivity contribution < 1.29 is 29.0 Å². The number of fused-ring (bicyclic) bond motifs is 2. The van der Waals surface area contributed by atoms with Gasteiger partial charge in [-0.3, -0.25) is 24.1 Å². The first-order chi connectivity index (χ1) is 18.4. The lowest BCUT2D eigenvalue weighted by Crippen LogP contribution is -2.47. The third-order valence-electron chi connectivity index (χ3n) is 6.98. The molecule has 1 fully saturated rings. The number of aliphatic hydroxyl groups is 1. The van der Waals surface area contributed by atoms with Gasteiger partial charge in [0.25, 0.3) is 17.7 Å². The first-order valence-electron chi connectivity index (χ1n) is 12.6. The maximum absolute atomic E-state index is 12.8. The Labute approximate surface area is 219 Å². The Bertz CT molecular complexity index is 1370. The van der Waals surface area contributed by atoms with Gasteiger partial charge >= 0.3 is 0 Å². The van der Waals surface area contributed by atoms with E-state index < -0.39 is 0 Å². The van der Waals surface area contributed by atoms with E-state index >= 15 is 0 Å². The summed E-state index contributed by atoms with van der Waals surface area (Å²) in [6.45, 7) is 2.61. The van der Waals surface area contributed by atoms with Crippen molar-refractivity contribution in [2.24, 2.45) is 0 Å². The predicted octanol–water partition coefficient (Wildman–Crippen LogP) is 1.33. The Morgan fingerprint density at radius 3 is 2.39 bits per heavy atom. The topological polar surface area (TPSA) is 134 Å². The fourth-order valence-electron chi connectivity index (χ4n) is 4.99. The zero-order chi connectivity index (χ0) is 26.8. The van der Waals surface area contributed by atoms with Gasteiger partial charge in [-0.2, -0.15) is 0 Å². The van der Waals surface area contributed by atoms with E-state index in [1.54, 1.807) is 58.9 Å². The molecule has 2 aliphatic rings. The van der Waals surface area contributed by atoms with E-state index in [1.807, 2.05) is 0 Å². The van der Waals surface area contributed by atoms with Gasteiger partial charge in [-0.25, -0.2) is 4.98 Å². The summed E-state index contributed by atoms with van der Waals surface area (Å²) in [6.07, 6.45) is 1.40. The van der Waals surface area contributed by atoms with Crippen molar-refractivity contribution in [3.05, 3.63) is 59.4 Å². The largest absolute Gasteiger partial charge is 0.484 e. The third-order valence-corrected chi connectivity index (χ3v) is 6.98. The molecule has 2 aromatic carbocycles. The number of aliphatic hydroxyl groups excluding tert-OH is 1. The van der Waals surface area contributed by atoms with E-state index in [0.717, 1.165) is 4.90 Å². The predicted molar refractivity (Wildman–Crippen MR) is 136 cm³/mol. The zero-order valence-electron chi connectivity index (χ0n) is 21.1. The lowest BCUT2D eigenvalue weighted by atomic mass is 10.1. The second-order valence-corrected chi connectivity index (χ2v) is 9.43. The van der Waals surface area contributed by atoms with Crippen LogP contribution in [0.4, 0.5) is 0 Å². The Morgan fingerprint density at radius 2 is 1.76 bits per heavy atom. The number of imidazole rings is 1. The average molecular weight is 520 g/mol. The highest BCUT2D eigenvalue weighted by Crippen LogP contribution is 2.27. The highest BCUT2D eigenvalue weighted by Gasteiger charge is 2.36. The van der Waals surface area contributed by atoms with Gasteiger partial charge in [-0.05, 0) is 37.1 Å². The van der Waals surface area contributed by atoms with Crippen molar-refractivity contribution in [3.8, 4) is 5.75 Å². The molecule has 3 aromatic rings. The number of piperidine rings is 1. The maximum Gasteiger partial charge on any atom is 0.261 e. The van der Waals surface area contributed by atoms with Gasteiger partial charge < -0.3 is 24.6 Å². The van der Waals surface area contributed by atoms with Crippen molar-refractivity contribution in [1.82, 2.24) is 24.7 Å². The summed E-state index contributed by atoms with van der Waals surface area (Å²) in [5.74, 6) is -0.0615. The minimum atomic E-state index is -0.379. The molecule has 3 heterocycles. The van der Waals surface area contributed by atoms with Gasteiger partial charge in [0.1, 0.15) is 11.6 Å². The van der Waals surface area contributed by atoms with Gasteiger partial charge in [0, 0.05) is 38.7 Å². The number of nitrogens with one attached hydrogen (secondary N) is 1. The Hall–Kier alpha value is -4.25. The molecule has 2 N–H and O–H groups in total. The number of nitrogens with zero attached hydrogens (tertiary/aromatic N) is 4. The van der Waals surface area contributed by atoms with Crippen LogP contribution in [0.3, 0.4) is 0 Å². The zero-order valence-corrected chi connectivity index (χ0v) is 21.1. The molecule has 5 rings (SSSR count). The quantitative estimate of drug-likeness (QED) is 0.429. The molecule has 4 amide bonds. The van der Waals surface area contributed by atoms with Gasteiger partial charge in [0.2, 0.25) is 5.91 Å². The SMILES string of the molecule is CC(=O)N1CCC(NC(=O)COc2ccc3nc(CN4C(=O)c5ccccc5C4=O)n(CCO)c3c2)CC1. The molecule has 198 valence electrons. The van der Waals surface area contributed by atoms with Gasteiger partial charge in [0.15, 0.2) is 6.61 Å². The highest BCUT2D eigenvalue weighted by molar-refractivity contribution is 6.21. The number of hydrogen-bond donors (Lipinski definition) is 2. The molecule has 0 unspecified atom stereocenters. The molecule has 0 bridgehead atoms. The summed E-state index contributed by atoms with van der Waals surface area (Å²) in [7, 11) is 0. The molecule has 0 atom stereocenters. The first kappa shape index (κ1) is 25.4. The van der Waals surface area contributed by atoms with Gasteiger partial charge in [0.05, 0.1) is 35.3 Å². The molecular weight excluding hydrogens is 490 g/mol. The first-order valence-corrected chi connectivity index (χ1v) is 12.6. The standard InChI is InChI=1S/C27H29N5O6/c1-17(34)30-10-8-18(9-11-30)28-25(35)16-38-19-6-7-22-23(14-19)31(12-13-33)24(29-22)15-32-26(36)20-4-2-3-5-21(20)27(32)37/h2-7,14,18,33H,8-13,15-16H2,1H3,(H,28,35). The summed E-state index contributed by atoms with van der Waals surface area (Å²) in [4.78, 5) is 57.1. The van der Waals surface area contributed by atoms with Crippen LogP contribution in [0, 0.1) is 0 Å². The summed E-state index contributed by atoms with van der Waals surface area (Å²) >= 11 is 0. The number of rotatable bonds is 8. The minimum Gasteiger partial charge on any atom is -0.484 e. The third kappa shape index (κ3) is 4.97. The number of imide groups is 1. The van der Waals surface area contributed by atoms with Crippen LogP contribution in [0.5, 0.6) is 5.75 Å². The molecule has 1 aromatic heterocycles. The molecule has 11 nitrogen and oxygen atoms in total. The lowest BCUT2D eigenvalue weighted by Gasteiger charge is -2.31. The van der Waals surface area contributed by atoms with Crippen molar-refractivity contribution in [2.75, 3.05) is 26.3 Å². The average Bonchev–Trinajstić information content (AvgIpc) is 3.38. The second-order valence-electron chi connectivity index (χ2n) is 9.43. The molecule has 0 saturated carbocycles. The van der Waals surface area contributed by atoms with Crippen molar-refractivity contribution in [2.45, 2.75) is 38.9 Å². The number of benzene rings is 2. The number of likely N-dealkylation sites (tertiary alicyclic amines) is 1. The minimum absolute atomic E-state index is 0.000120.